The highest BCUT2D eigenvalue weighted by Crippen LogP contribution is 2.22. The van der Waals surface area contributed by atoms with Crippen molar-refractivity contribution < 1.29 is 0 Å². The molecule has 0 aliphatic heterocycles. The first-order valence-corrected chi connectivity index (χ1v) is 7.00. The third-order valence-corrected chi connectivity index (χ3v) is 3.56. The van der Waals surface area contributed by atoms with Crippen LogP contribution in [-0.4, -0.2) is 19.5 Å². The number of halogens is 1. The first kappa shape index (κ1) is 13.1. The van der Waals surface area contributed by atoms with E-state index >= 15 is 0 Å². The molecule has 0 atom stereocenters. The average molecular weight is 287 g/mol. The van der Waals surface area contributed by atoms with Crippen molar-refractivity contribution in [3.63, 3.8) is 0 Å². The van der Waals surface area contributed by atoms with Gasteiger partial charge in [0.15, 0.2) is 0 Å². The predicted molar refractivity (Wildman–Crippen MR) is 79.9 cm³/mol. The van der Waals surface area contributed by atoms with Crippen LogP contribution in [0.2, 0.25) is 0 Å². The van der Waals surface area contributed by atoms with E-state index in [4.69, 9.17) is 11.6 Å². The van der Waals surface area contributed by atoms with E-state index in [-0.39, 0.29) is 0 Å². The molecule has 102 valence electrons. The van der Waals surface area contributed by atoms with Gasteiger partial charge in [-0.1, -0.05) is 12.1 Å². The summed E-state index contributed by atoms with van der Waals surface area (Å²) in [5, 5.41) is 0. The minimum Gasteiger partial charge on any atom is -0.321 e. The van der Waals surface area contributed by atoms with Crippen LogP contribution >= 0.6 is 11.6 Å². The van der Waals surface area contributed by atoms with Crippen molar-refractivity contribution in [2.24, 2.45) is 0 Å². The van der Waals surface area contributed by atoms with Gasteiger partial charge in [-0.2, -0.15) is 0 Å². The van der Waals surface area contributed by atoms with Crippen LogP contribution < -0.4 is 0 Å². The molecule has 0 aliphatic carbocycles. The predicted octanol–water partition coefficient (Wildman–Crippen LogP) is 3.23. The number of imidazole rings is 1. The number of rotatable bonds is 3. The van der Waals surface area contributed by atoms with Gasteiger partial charge in [0.25, 0.3) is 0 Å². The number of para-hydroxylation sites is 1. The summed E-state index contributed by atoms with van der Waals surface area (Å²) in [4.78, 5) is 13.3. The number of aromatic nitrogens is 4. The summed E-state index contributed by atoms with van der Waals surface area (Å²) < 4.78 is 2.12. The lowest BCUT2D eigenvalue weighted by molar-refractivity contribution is 0.750. The largest absolute Gasteiger partial charge is 0.321 e. The van der Waals surface area contributed by atoms with Crippen LogP contribution in [0.25, 0.3) is 11.0 Å². The molecule has 2 heterocycles. The van der Waals surface area contributed by atoms with E-state index in [0.717, 1.165) is 28.2 Å². The van der Waals surface area contributed by atoms with E-state index in [1.165, 1.54) is 5.56 Å². The summed E-state index contributed by atoms with van der Waals surface area (Å²) in [6.07, 6.45) is 3.58. The Morgan fingerprint density at radius 3 is 2.70 bits per heavy atom. The van der Waals surface area contributed by atoms with Gasteiger partial charge >= 0.3 is 0 Å². The Bertz CT molecular complexity index is 746. The second kappa shape index (κ2) is 5.21. The van der Waals surface area contributed by atoms with Crippen LogP contribution in [0, 0.1) is 13.8 Å². The summed E-state index contributed by atoms with van der Waals surface area (Å²) >= 11 is 6.03. The van der Waals surface area contributed by atoms with E-state index in [1.54, 1.807) is 12.4 Å². The van der Waals surface area contributed by atoms with Gasteiger partial charge in [-0.3, -0.25) is 9.97 Å². The standard InChI is InChI=1S/C15H15ClN4/c1-10-4-3-5-13-15(10)20(14(6-16)19-13)9-12-8-17-11(2)7-18-12/h3-5,7-8H,6,9H2,1-2H3. The highest BCUT2D eigenvalue weighted by atomic mass is 35.5. The monoisotopic (exact) mass is 286 g/mol. The topological polar surface area (TPSA) is 43.6 Å². The van der Waals surface area contributed by atoms with Gasteiger partial charge in [0, 0.05) is 6.20 Å². The summed E-state index contributed by atoms with van der Waals surface area (Å²) in [6.45, 7) is 4.65. The van der Waals surface area contributed by atoms with Gasteiger partial charge in [0.1, 0.15) is 5.82 Å². The lowest BCUT2D eigenvalue weighted by atomic mass is 10.2. The zero-order chi connectivity index (χ0) is 14.1. The number of fused-ring (bicyclic) bond motifs is 1. The maximum atomic E-state index is 6.03. The van der Waals surface area contributed by atoms with Gasteiger partial charge in [-0.25, -0.2) is 4.98 Å². The minimum atomic E-state index is 0.382. The molecule has 0 saturated heterocycles. The number of benzene rings is 1. The quantitative estimate of drug-likeness (QED) is 0.694. The summed E-state index contributed by atoms with van der Waals surface area (Å²) in [7, 11) is 0. The normalized spacial score (nSPS) is 11.2. The van der Waals surface area contributed by atoms with Crippen molar-refractivity contribution in [2.45, 2.75) is 26.3 Å². The molecule has 0 saturated carbocycles. The maximum absolute atomic E-state index is 6.03. The summed E-state index contributed by atoms with van der Waals surface area (Å²) in [5.41, 5.74) is 5.10. The van der Waals surface area contributed by atoms with Crippen LogP contribution in [0.5, 0.6) is 0 Å². The summed E-state index contributed by atoms with van der Waals surface area (Å²) in [5.74, 6) is 1.24. The average Bonchev–Trinajstić information content (AvgIpc) is 2.81. The SMILES string of the molecule is Cc1cnc(Cn2c(CCl)nc3cccc(C)c32)cn1. The Hall–Kier alpha value is -1.94. The molecule has 4 nitrogen and oxygen atoms in total. The molecule has 0 unspecified atom stereocenters. The molecule has 2 aromatic heterocycles. The van der Waals surface area contributed by atoms with Gasteiger partial charge in [-0.05, 0) is 25.5 Å². The van der Waals surface area contributed by atoms with Gasteiger partial charge in [0.2, 0.25) is 0 Å². The van der Waals surface area contributed by atoms with E-state index < -0.39 is 0 Å². The van der Waals surface area contributed by atoms with Crippen molar-refractivity contribution in [3.8, 4) is 0 Å². The summed E-state index contributed by atoms with van der Waals surface area (Å²) in [6, 6.07) is 6.10. The highest BCUT2D eigenvalue weighted by Gasteiger charge is 2.12. The minimum absolute atomic E-state index is 0.382. The fraction of sp³-hybridized carbons (Fsp3) is 0.267. The lowest BCUT2D eigenvalue weighted by Crippen LogP contribution is -2.06. The van der Waals surface area contributed by atoms with Crippen LogP contribution in [0.3, 0.4) is 0 Å². The Labute approximate surface area is 122 Å². The molecule has 0 N–H and O–H groups in total. The molecule has 0 amide bonds. The third kappa shape index (κ3) is 2.27. The van der Waals surface area contributed by atoms with Crippen LogP contribution in [-0.2, 0) is 12.4 Å². The molecule has 3 aromatic rings. The van der Waals surface area contributed by atoms with Crippen molar-refractivity contribution >= 4 is 22.6 Å². The maximum Gasteiger partial charge on any atom is 0.125 e. The Morgan fingerprint density at radius 1 is 1.15 bits per heavy atom. The number of nitrogens with zero attached hydrogens (tertiary/aromatic N) is 4. The number of hydrogen-bond acceptors (Lipinski definition) is 3. The van der Waals surface area contributed by atoms with Gasteiger partial charge < -0.3 is 4.57 Å². The Morgan fingerprint density at radius 2 is 2.00 bits per heavy atom. The molecule has 1 aromatic carbocycles. The third-order valence-electron chi connectivity index (χ3n) is 3.32. The van der Waals surface area contributed by atoms with E-state index in [9.17, 15) is 0 Å². The Kier molecular flexibility index (Phi) is 3.40. The van der Waals surface area contributed by atoms with Gasteiger partial charge in [0.05, 0.1) is 41.0 Å². The zero-order valence-corrected chi connectivity index (χ0v) is 12.2. The first-order chi connectivity index (χ1) is 9.69. The molecule has 0 spiro atoms. The number of alkyl halides is 1. The zero-order valence-electron chi connectivity index (χ0n) is 11.5. The molecular weight excluding hydrogens is 272 g/mol. The first-order valence-electron chi connectivity index (χ1n) is 6.47. The van der Waals surface area contributed by atoms with Crippen molar-refractivity contribution in [2.75, 3.05) is 0 Å². The smallest absolute Gasteiger partial charge is 0.125 e. The molecule has 0 fully saturated rings. The molecular formula is C15H15ClN4. The molecule has 3 rings (SSSR count). The van der Waals surface area contributed by atoms with Crippen molar-refractivity contribution in [3.05, 3.63) is 53.4 Å². The van der Waals surface area contributed by atoms with Crippen LogP contribution in [0.4, 0.5) is 0 Å². The Balaban J connectivity index is 2.11. The molecule has 0 bridgehead atoms. The van der Waals surface area contributed by atoms with Crippen molar-refractivity contribution in [1.82, 2.24) is 19.5 Å². The van der Waals surface area contributed by atoms with Crippen LogP contribution in [0.15, 0.2) is 30.6 Å². The molecule has 0 aliphatic rings. The van der Waals surface area contributed by atoms with Crippen LogP contribution in [0.1, 0.15) is 22.8 Å². The van der Waals surface area contributed by atoms with Crippen molar-refractivity contribution in [1.29, 1.82) is 0 Å². The second-order valence-electron chi connectivity index (χ2n) is 4.84. The fourth-order valence-corrected chi connectivity index (χ4v) is 2.55. The van der Waals surface area contributed by atoms with E-state index in [0.29, 0.717) is 12.4 Å². The second-order valence-corrected chi connectivity index (χ2v) is 5.11. The fourth-order valence-electron chi connectivity index (χ4n) is 2.35. The van der Waals surface area contributed by atoms with E-state index in [2.05, 4.69) is 32.5 Å². The lowest BCUT2D eigenvalue weighted by Gasteiger charge is -2.08. The highest BCUT2D eigenvalue weighted by molar-refractivity contribution is 6.16. The molecule has 0 radical (unpaired) electrons. The molecule has 20 heavy (non-hydrogen) atoms. The van der Waals surface area contributed by atoms with Gasteiger partial charge in [-0.15, -0.1) is 11.6 Å². The molecule has 5 heteroatoms. The number of aryl methyl sites for hydroxylation is 2. The van der Waals surface area contributed by atoms with E-state index in [1.807, 2.05) is 19.1 Å². The number of hydrogen-bond donors (Lipinski definition) is 0.